The summed E-state index contributed by atoms with van der Waals surface area (Å²) < 4.78 is 0. The van der Waals surface area contributed by atoms with Gasteiger partial charge in [-0.1, -0.05) is 48.5 Å². The van der Waals surface area contributed by atoms with Crippen molar-refractivity contribution in [1.29, 1.82) is 0 Å². The van der Waals surface area contributed by atoms with E-state index < -0.39 is 0 Å². The summed E-state index contributed by atoms with van der Waals surface area (Å²) in [6.07, 6.45) is 2.84. The normalized spacial score (nSPS) is 18.4. The molecule has 0 bridgehead atoms. The van der Waals surface area contributed by atoms with Crippen molar-refractivity contribution in [1.82, 2.24) is 14.8 Å². The molecule has 5 heteroatoms. The van der Waals surface area contributed by atoms with Gasteiger partial charge in [0.25, 0.3) is 0 Å². The standard InChI is InChI=1S/C23H27N3O2/c1-25(23(28)13-18-14-24-21-10-6-5-9-20(18)21)22(17-7-3-2-4-8-17)16-26-12-11-19(27)15-26/h2-10,14,19,22,24,27H,11-13,15-16H2,1H3/t19-,22-/m1/s1. The van der Waals surface area contributed by atoms with Gasteiger partial charge in [-0.3, -0.25) is 9.69 Å². The number of hydrogen-bond donors (Lipinski definition) is 2. The first-order valence-corrected chi connectivity index (χ1v) is 9.88. The molecular weight excluding hydrogens is 350 g/mol. The number of carbonyl (C=O) groups excluding carboxylic acids is 1. The first-order chi connectivity index (χ1) is 13.6. The zero-order valence-corrected chi connectivity index (χ0v) is 16.2. The smallest absolute Gasteiger partial charge is 0.227 e. The molecule has 2 N–H and O–H groups in total. The quantitative estimate of drug-likeness (QED) is 0.694. The van der Waals surface area contributed by atoms with Crippen LogP contribution in [-0.4, -0.2) is 58.6 Å². The lowest BCUT2D eigenvalue weighted by Gasteiger charge is -2.32. The van der Waals surface area contributed by atoms with Gasteiger partial charge < -0.3 is 15.0 Å². The van der Waals surface area contributed by atoms with Gasteiger partial charge in [-0.2, -0.15) is 0 Å². The number of aromatic nitrogens is 1. The molecule has 2 atom stereocenters. The second-order valence-corrected chi connectivity index (χ2v) is 7.67. The number of carbonyl (C=O) groups is 1. The second-order valence-electron chi connectivity index (χ2n) is 7.67. The van der Waals surface area contributed by atoms with Gasteiger partial charge in [-0.15, -0.1) is 0 Å². The minimum absolute atomic E-state index is 0.0378. The van der Waals surface area contributed by atoms with Gasteiger partial charge in [0.05, 0.1) is 18.6 Å². The molecular formula is C23H27N3O2. The minimum Gasteiger partial charge on any atom is -0.392 e. The summed E-state index contributed by atoms with van der Waals surface area (Å²) in [5.74, 6) is 0.0957. The SMILES string of the molecule is CN(C(=O)Cc1c[nH]c2ccccc12)[C@H](CN1CC[C@@H](O)C1)c1ccccc1. The Bertz CT molecular complexity index is 937. The summed E-state index contributed by atoms with van der Waals surface area (Å²) in [7, 11) is 1.89. The number of β-amino-alcohol motifs (C(OH)–C–C–N with tert-alkyl or cyclic N) is 1. The van der Waals surface area contributed by atoms with E-state index in [0.29, 0.717) is 13.0 Å². The van der Waals surface area contributed by atoms with Gasteiger partial charge in [-0.25, -0.2) is 0 Å². The lowest BCUT2D eigenvalue weighted by molar-refractivity contribution is -0.131. The number of nitrogens with zero attached hydrogens (tertiary/aromatic N) is 2. The summed E-state index contributed by atoms with van der Waals surface area (Å²) in [5.41, 5.74) is 3.20. The maximum atomic E-state index is 13.2. The molecule has 1 saturated heterocycles. The van der Waals surface area contributed by atoms with Crippen LogP contribution in [0.2, 0.25) is 0 Å². The van der Waals surface area contributed by atoms with Crippen LogP contribution < -0.4 is 0 Å². The highest BCUT2D eigenvalue weighted by Gasteiger charge is 2.28. The molecule has 1 aromatic heterocycles. The molecule has 146 valence electrons. The van der Waals surface area contributed by atoms with E-state index in [0.717, 1.165) is 41.5 Å². The summed E-state index contributed by atoms with van der Waals surface area (Å²) in [4.78, 5) is 20.5. The van der Waals surface area contributed by atoms with E-state index in [1.54, 1.807) is 0 Å². The molecule has 2 aromatic carbocycles. The van der Waals surface area contributed by atoms with Crippen molar-refractivity contribution in [2.45, 2.75) is 25.0 Å². The van der Waals surface area contributed by atoms with Gasteiger partial charge in [-0.05, 0) is 23.6 Å². The van der Waals surface area contributed by atoms with E-state index in [-0.39, 0.29) is 18.1 Å². The van der Waals surface area contributed by atoms with Crippen LogP contribution in [-0.2, 0) is 11.2 Å². The number of hydrogen-bond acceptors (Lipinski definition) is 3. The van der Waals surface area contributed by atoms with E-state index in [4.69, 9.17) is 0 Å². The van der Waals surface area contributed by atoms with Crippen LogP contribution in [0.3, 0.4) is 0 Å². The van der Waals surface area contributed by atoms with Crippen LogP contribution in [0.1, 0.15) is 23.6 Å². The monoisotopic (exact) mass is 377 g/mol. The van der Waals surface area contributed by atoms with Crippen LogP contribution in [0, 0.1) is 0 Å². The number of para-hydroxylation sites is 1. The highest BCUT2D eigenvalue weighted by Crippen LogP contribution is 2.25. The zero-order valence-electron chi connectivity index (χ0n) is 16.2. The Hall–Kier alpha value is -2.63. The predicted octanol–water partition coefficient (Wildman–Crippen LogP) is 2.98. The fourth-order valence-corrected chi connectivity index (χ4v) is 4.09. The Kier molecular flexibility index (Phi) is 5.46. The minimum atomic E-state index is -0.261. The highest BCUT2D eigenvalue weighted by atomic mass is 16.3. The number of rotatable bonds is 6. The maximum absolute atomic E-state index is 13.2. The molecule has 28 heavy (non-hydrogen) atoms. The van der Waals surface area contributed by atoms with Crippen LogP contribution in [0.15, 0.2) is 60.8 Å². The van der Waals surface area contributed by atoms with Gasteiger partial charge in [0, 0.05) is 43.8 Å². The Morgan fingerprint density at radius 2 is 1.96 bits per heavy atom. The third kappa shape index (κ3) is 3.96. The van der Waals surface area contributed by atoms with Crippen molar-refractivity contribution in [3.63, 3.8) is 0 Å². The molecule has 1 aliphatic rings. The van der Waals surface area contributed by atoms with Gasteiger partial charge >= 0.3 is 0 Å². The molecule has 5 nitrogen and oxygen atoms in total. The Morgan fingerprint density at radius 1 is 1.21 bits per heavy atom. The number of aliphatic hydroxyl groups is 1. The number of benzene rings is 2. The number of likely N-dealkylation sites (tertiary alicyclic amines) is 1. The zero-order chi connectivity index (χ0) is 19.5. The Morgan fingerprint density at radius 3 is 2.71 bits per heavy atom. The molecule has 2 heterocycles. The van der Waals surface area contributed by atoms with Crippen LogP contribution in [0.25, 0.3) is 10.9 Å². The number of likely N-dealkylation sites (N-methyl/N-ethyl adjacent to an activating group) is 1. The summed E-state index contributed by atoms with van der Waals surface area (Å²) in [6, 6.07) is 18.2. The third-order valence-corrected chi connectivity index (χ3v) is 5.74. The van der Waals surface area contributed by atoms with Crippen molar-refractivity contribution >= 4 is 16.8 Å². The van der Waals surface area contributed by atoms with Crippen LogP contribution in [0.5, 0.6) is 0 Å². The lowest BCUT2D eigenvalue weighted by Crippen LogP contribution is -2.39. The van der Waals surface area contributed by atoms with Gasteiger partial charge in [0.1, 0.15) is 0 Å². The topological polar surface area (TPSA) is 59.6 Å². The number of H-pyrrole nitrogens is 1. The van der Waals surface area contributed by atoms with Crippen molar-refractivity contribution in [3.05, 3.63) is 71.9 Å². The summed E-state index contributed by atoms with van der Waals surface area (Å²) >= 11 is 0. The van der Waals surface area contributed by atoms with Gasteiger partial charge in [0.2, 0.25) is 5.91 Å². The van der Waals surface area contributed by atoms with E-state index >= 15 is 0 Å². The van der Waals surface area contributed by atoms with Crippen LogP contribution in [0.4, 0.5) is 0 Å². The van der Waals surface area contributed by atoms with Crippen molar-refractivity contribution in [2.75, 3.05) is 26.7 Å². The molecule has 1 amide bonds. The molecule has 4 rings (SSSR count). The summed E-state index contributed by atoms with van der Waals surface area (Å²) in [5, 5.41) is 11.0. The second kappa shape index (κ2) is 8.17. The van der Waals surface area contributed by atoms with E-state index in [2.05, 4.69) is 28.1 Å². The molecule has 0 unspecified atom stereocenters. The first-order valence-electron chi connectivity index (χ1n) is 9.88. The third-order valence-electron chi connectivity index (χ3n) is 5.74. The fraction of sp³-hybridized carbons (Fsp3) is 0.348. The number of amides is 1. The average molecular weight is 377 g/mol. The lowest BCUT2D eigenvalue weighted by atomic mass is 10.0. The van der Waals surface area contributed by atoms with Crippen LogP contribution >= 0.6 is 0 Å². The van der Waals surface area contributed by atoms with E-state index in [9.17, 15) is 9.90 Å². The van der Waals surface area contributed by atoms with E-state index in [1.807, 2.05) is 54.5 Å². The largest absolute Gasteiger partial charge is 0.392 e. The number of fused-ring (bicyclic) bond motifs is 1. The number of aliphatic hydroxyl groups excluding tert-OH is 1. The Balaban J connectivity index is 1.54. The molecule has 0 radical (unpaired) electrons. The highest BCUT2D eigenvalue weighted by molar-refractivity contribution is 5.89. The van der Waals surface area contributed by atoms with E-state index in [1.165, 1.54) is 0 Å². The molecule has 0 aliphatic carbocycles. The molecule has 0 saturated carbocycles. The fourth-order valence-electron chi connectivity index (χ4n) is 4.09. The van der Waals surface area contributed by atoms with Crippen molar-refractivity contribution in [2.24, 2.45) is 0 Å². The summed E-state index contributed by atoms with van der Waals surface area (Å²) in [6.45, 7) is 2.28. The first kappa shape index (κ1) is 18.7. The van der Waals surface area contributed by atoms with Gasteiger partial charge in [0.15, 0.2) is 0 Å². The Labute approximate surface area is 165 Å². The maximum Gasteiger partial charge on any atom is 0.227 e. The molecule has 1 aliphatic heterocycles. The molecule has 1 fully saturated rings. The van der Waals surface area contributed by atoms with Crippen molar-refractivity contribution in [3.8, 4) is 0 Å². The predicted molar refractivity (Wildman–Crippen MR) is 111 cm³/mol. The van der Waals surface area contributed by atoms with Crippen molar-refractivity contribution < 1.29 is 9.90 Å². The average Bonchev–Trinajstić information content (AvgIpc) is 3.32. The number of aromatic amines is 1. The number of nitrogens with one attached hydrogen (secondary N) is 1. The molecule has 0 spiro atoms. The molecule has 3 aromatic rings.